The topological polar surface area (TPSA) is 46.3 Å². The van der Waals surface area contributed by atoms with Crippen molar-refractivity contribution in [3.63, 3.8) is 0 Å². The van der Waals surface area contributed by atoms with Crippen LogP contribution in [0.3, 0.4) is 0 Å². The minimum absolute atomic E-state index is 0.00493. The second-order valence-electron chi connectivity index (χ2n) is 8.08. The number of piperidine rings is 1. The van der Waals surface area contributed by atoms with Crippen LogP contribution in [0.1, 0.15) is 48.1 Å². The Morgan fingerprint density at radius 2 is 1.96 bits per heavy atom. The van der Waals surface area contributed by atoms with Crippen molar-refractivity contribution in [2.45, 2.75) is 38.0 Å². The Kier molecular flexibility index (Phi) is 4.18. The molecule has 0 bridgehead atoms. The van der Waals surface area contributed by atoms with Gasteiger partial charge in [-0.15, -0.1) is 0 Å². The molecule has 28 heavy (non-hydrogen) atoms. The highest BCUT2D eigenvalue weighted by atomic mass is 19.1. The molecule has 1 aromatic heterocycles. The van der Waals surface area contributed by atoms with E-state index in [9.17, 15) is 9.18 Å². The molecule has 0 unspecified atom stereocenters. The third-order valence-electron chi connectivity index (χ3n) is 6.17. The predicted molar refractivity (Wildman–Crippen MR) is 105 cm³/mol. The summed E-state index contributed by atoms with van der Waals surface area (Å²) in [5, 5.41) is 0. The molecule has 1 saturated heterocycles. The van der Waals surface area contributed by atoms with E-state index in [0.29, 0.717) is 0 Å². The lowest BCUT2D eigenvalue weighted by Gasteiger charge is -2.31. The average Bonchev–Trinajstić information content (AvgIpc) is 3.39. The molecule has 2 atom stereocenters. The average molecular weight is 378 g/mol. The number of hydrogen-bond acceptors (Lipinski definition) is 3. The van der Waals surface area contributed by atoms with E-state index in [1.165, 1.54) is 6.07 Å². The molecule has 2 aromatic carbocycles. The first-order valence-electron chi connectivity index (χ1n) is 10.0. The van der Waals surface area contributed by atoms with Crippen LogP contribution in [0.4, 0.5) is 4.39 Å². The molecular formula is C23H23FN2O2. The van der Waals surface area contributed by atoms with Gasteiger partial charge in [-0.05, 0) is 61.4 Å². The molecule has 5 rings (SSSR count). The summed E-state index contributed by atoms with van der Waals surface area (Å²) in [6, 6.07) is 12.6. The fourth-order valence-electron chi connectivity index (χ4n) is 4.43. The van der Waals surface area contributed by atoms with Crippen molar-refractivity contribution >= 4 is 17.0 Å². The van der Waals surface area contributed by atoms with Crippen molar-refractivity contribution < 1.29 is 13.6 Å². The van der Waals surface area contributed by atoms with Crippen molar-refractivity contribution in [2.24, 2.45) is 5.92 Å². The number of carbonyl (C=O) groups excluding carboxylic acids is 1. The maximum absolute atomic E-state index is 13.4. The monoisotopic (exact) mass is 378 g/mol. The number of carbonyl (C=O) groups is 1. The Morgan fingerprint density at radius 3 is 2.71 bits per heavy atom. The Labute approximate surface area is 163 Å². The van der Waals surface area contributed by atoms with Gasteiger partial charge in [0.05, 0.1) is 0 Å². The van der Waals surface area contributed by atoms with Gasteiger partial charge >= 0.3 is 0 Å². The SMILES string of the molecule is Cc1cccc2nc(C3CCN(C(=O)[C@@H]4C[C@H]4c4cccc(F)c4)CC3)oc12. The maximum atomic E-state index is 13.4. The highest BCUT2D eigenvalue weighted by molar-refractivity contribution is 5.83. The van der Waals surface area contributed by atoms with Crippen molar-refractivity contribution in [1.82, 2.24) is 9.88 Å². The highest BCUT2D eigenvalue weighted by Crippen LogP contribution is 2.49. The number of oxazole rings is 1. The minimum atomic E-state index is -0.231. The third-order valence-corrected chi connectivity index (χ3v) is 6.17. The van der Waals surface area contributed by atoms with Crippen LogP contribution in [-0.4, -0.2) is 28.9 Å². The van der Waals surface area contributed by atoms with Gasteiger partial charge in [-0.3, -0.25) is 4.79 Å². The van der Waals surface area contributed by atoms with Crippen LogP contribution in [0.15, 0.2) is 46.9 Å². The van der Waals surface area contributed by atoms with Crippen molar-refractivity contribution in [2.75, 3.05) is 13.1 Å². The summed E-state index contributed by atoms with van der Waals surface area (Å²) >= 11 is 0. The smallest absolute Gasteiger partial charge is 0.226 e. The zero-order valence-electron chi connectivity index (χ0n) is 15.9. The van der Waals surface area contributed by atoms with Crippen LogP contribution in [0.25, 0.3) is 11.1 Å². The fourth-order valence-corrected chi connectivity index (χ4v) is 4.43. The molecule has 2 aliphatic rings. The number of rotatable bonds is 3. The summed E-state index contributed by atoms with van der Waals surface area (Å²) in [6.45, 7) is 3.49. The van der Waals surface area contributed by atoms with Crippen molar-refractivity contribution in [3.05, 3.63) is 65.3 Å². The van der Waals surface area contributed by atoms with Gasteiger partial charge in [0.2, 0.25) is 5.91 Å². The lowest BCUT2D eigenvalue weighted by Crippen LogP contribution is -2.39. The quantitative estimate of drug-likeness (QED) is 0.659. The molecule has 3 aromatic rings. The molecule has 2 heterocycles. The number of hydrogen-bond donors (Lipinski definition) is 0. The van der Waals surface area contributed by atoms with Crippen LogP contribution in [0.5, 0.6) is 0 Å². The lowest BCUT2D eigenvalue weighted by atomic mass is 9.96. The van der Waals surface area contributed by atoms with Gasteiger partial charge in [-0.2, -0.15) is 0 Å². The van der Waals surface area contributed by atoms with E-state index in [-0.39, 0.29) is 29.5 Å². The molecule has 1 aliphatic heterocycles. The molecule has 1 aliphatic carbocycles. The van der Waals surface area contributed by atoms with E-state index >= 15 is 0 Å². The van der Waals surface area contributed by atoms with Crippen molar-refractivity contribution in [3.8, 4) is 0 Å². The van der Waals surface area contributed by atoms with Gasteiger partial charge in [0, 0.05) is 24.9 Å². The number of aryl methyl sites for hydroxylation is 1. The summed E-state index contributed by atoms with van der Waals surface area (Å²) < 4.78 is 19.5. The Morgan fingerprint density at radius 1 is 1.18 bits per heavy atom. The molecular weight excluding hydrogens is 355 g/mol. The van der Waals surface area contributed by atoms with Gasteiger partial charge in [0.15, 0.2) is 11.5 Å². The number of likely N-dealkylation sites (tertiary alicyclic amines) is 1. The van der Waals surface area contributed by atoms with E-state index in [2.05, 4.69) is 4.98 Å². The van der Waals surface area contributed by atoms with Crippen molar-refractivity contribution in [1.29, 1.82) is 0 Å². The van der Waals surface area contributed by atoms with E-state index < -0.39 is 0 Å². The number of aromatic nitrogens is 1. The van der Waals surface area contributed by atoms with E-state index in [4.69, 9.17) is 4.42 Å². The lowest BCUT2D eigenvalue weighted by molar-refractivity contribution is -0.133. The summed E-state index contributed by atoms with van der Waals surface area (Å²) in [6.07, 6.45) is 2.57. The number of nitrogens with zero attached hydrogens (tertiary/aromatic N) is 2. The molecule has 1 saturated carbocycles. The molecule has 1 amide bonds. The van der Waals surface area contributed by atoms with Gasteiger partial charge in [0.1, 0.15) is 11.3 Å². The summed E-state index contributed by atoms with van der Waals surface area (Å²) in [5.41, 5.74) is 3.81. The zero-order chi connectivity index (χ0) is 19.3. The number of benzene rings is 2. The van der Waals surface area contributed by atoms with Crippen LogP contribution in [0.2, 0.25) is 0 Å². The summed E-state index contributed by atoms with van der Waals surface area (Å²) in [5.74, 6) is 1.20. The number of halogens is 1. The standard InChI is InChI=1S/C23H23FN2O2/c1-14-4-2-7-20-21(14)28-22(25-20)15-8-10-26(11-9-15)23(27)19-13-18(19)16-5-3-6-17(24)12-16/h2-7,12,15,18-19H,8-11,13H2,1H3/t18-,19+/m0/s1. The predicted octanol–water partition coefficient (Wildman–Crippen LogP) is 4.79. The Balaban J connectivity index is 1.22. The summed E-state index contributed by atoms with van der Waals surface area (Å²) in [4.78, 5) is 19.5. The van der Waals surface area contributed by atoms with E-state index in [0.717, 1.165) is 60.5 Å². The molecule has 5 heteroatoms. The first-order chi connectivity index (χ1) is 13.6. The second kappa shape index (κ2) is 6.73. The van der Waals surface area contributed by atoms with E-state index in [1.54, 1.807) is 12.1 Å². The molecule has 144 valence electrons. The van der Waals surface area contributed by atoms with Crippen LogP contribution in [0, 0.1) is 18.7 Å². The molecule has 0 spiro atoms. The first kappa shape index (κ1) is 17.4. The normalized spacial score (nSPS) is 22.6. The minimum Gasteiger partial charge on any atom is -0.440 e. The Hall–Kier alpha value is -2.69. The molecule has 4 nitrogen and oxygen atoms in total. The first-order valence-corrected chi connectivity index (χ1v) is 10.0. The number of amides is 1. The van der Waals surface area contributed by atoms with Gasteiger partial charge in [-0.1, -0.05) is 24.3 Å². The molecule has 0 radical (unpaired) electrons. The van der Waals surface area contributed by atoms with Crippen LogP contribution < -0.4 is 0 Å². The third kappa shape index (κ3) is 3.09. The Bertz CT molecular complexity index is 1040. The fraction of sp³-hybridized carbons (Fsp3) is 0.391. The molecule has 2 fully saturated rings. The van der Waals surface area contributed by atoms with Crippen LogP contribution in [-0.2, 0) is 4.79 Å². The zero-order valence-corrected chi connectivity index (χ0v) is 15.9. The molecule has 0 N–H and O–H groups in total. The van der Waals surface area contributed by atoms with Gasteiger partial charge in [0.25, 0.3) is 0 Å². The highest BCUT2D eigenvalue weighted by Gasteiger charge is 2.46. The number of fused-ring (bicyclic) bond motifs is 1. The summed E-state index contributed by atoms with van der Waals surface area (Å²) in [7, 11) is 0. The largest absolute Gasteiger partial charge is 0.440 e. The van der Waals surface area contributed by atoms with Crippen LogP contribution >= 0.6 is 0 Å². The van der Waals surface area contributed by atoms with Gasteiger partial charge in [-0.25, -0.2) is 9.37 Å². The van der Waals surface area contributed by atoms with E-state index in [1.807, 2.05) is 36.1 Å². The second-order valence-corrected chi connectivity index (χ2v) is 8.08. The number of para-hydroxylation sites is 1. The maximum Gasteiger partial charge on any atom is 0.226 e. The van der Waals surface area contributed by atoms with Gasteiger partial charge < -0.3 is 9.32 Å².